The minimum Gasteiger partial charge on any atom is -0.502 e. The van der Waals surface area contributed by atoms with Crippen LogP contribution >= 0.6 is 24.0 Å². The first-order chi connectivity index (χ1) is 11.1. The van der Waals surface area contributed by atoms with Crippen LogP contribution in [-0.2, 0) is 13.1 Å². The van der Waals surface area contributed by atoms with Crippen LogP contribution in [0.5, 0.6) is 17.2 Å². The van der Waals surface area contributed by atoms with Gasteiger partial charge in [0.25, 0.3) is 0 Å². The van der Waals surface area contributed by atoms with Gasteiger partial charge in [0.1, 0.15) is 0 Å². The summed E-state index contributed by atoms with van der Waals surface area (Å²) >= 11 is 0. The molecule has 0 spiro atoms. The van der Waals surface area contributed by atoms with Crippen LogP contribution in [0.25, 0.3) is 0 Å². The monoisotopic (exact) mass is 443 g/mol. The molecule has 0 amide bonds. The fourth-order valence-corrected chi connectivity index (χ4v) is 2.06. The summed E-state index contributed by atoms with van der Waals surface area (Å²) in [5.74, 6) is 0.994. The summed E-state index contributed by atoms with van der Waals surface area (Å²) in [4.78, 5) is 4.28. The number of benzene rings is 2. The predicted octanol–water partition coefficient (Wildman–Crippen LogP) is 2.63. The van der Waals surface area contributed by atoms with Gasteiger partial charge in [-0.3, -0.25) is 0 Å². The lowest BCUT2D eigenvalue weighted by molar-refractivity contribution is 0.339. The van der Waals surface area contributed by atoms with Gasteiger partial charge >= 0.3 is 0 Å². The molecule has 0 aliphatic carbocycles. The number of aromatic hydroxyl groups is 1. The first kappa shape index (κ1) is 19.9. The Morgan fingerprint density at radius 1 is 1.08 bits per heavy atom. The molecular formula is C17H22IN3O3. The van der Waals surface area contributed by atoms with Gasteiger partial charge in [-0.2, -0.15) is 0 Å². The van der Waals surface area contributed by atoms with E-state index in [0.29, 0.717) is 30.5 Å². The average molecular weight is 443 g/mol. The molecule has 0 aliphatic heterocycles. The van der Waals surface area contributed by atoms with Crippen molar-refractivity contribution in [3.63, 3.8) is 0 Å². The number of ether oxygens (including phenoxy) is 2. The Balaban J connectivity index is 0.00000288. The molecule has 0 radical (unpaired) electrons. The molecule has 2 aromatic carbocycles. The van der Waals surface area contributed by atoms with Gasteiger partial charge in [-0.05, 0) is 23.3 Å². The molecule has 0 bridgehead atoms. The van der Waals surface area contributed by atoms with E-state index in [1.54, 1.807) is 12.1 Å². The van der Waals surface area contributed by atoms with Crippen molar-refractivity contribution in [2.45, 2.75) is 13.1 Å². The number of nitrogens with zero attached hydrogens (tertiary/aromatic N) is 1. The Hall–Kier alpha value is -2.16. The maximum absolute atomic E-state index is 9.88. The molecule has 2 aromatic rings. The van der Waals surface area contributed by atoms with Crippen LogP contribution < -0.4 is 20.5 Å². The summed E-state index contributed by atoms with van der Waals surface area (Å²) in [6.07, 6.45) is 0. The molecule has 6 nitrogen and oxygen atoms in total. The second-order valence-electron chi connectivity index (χ2n) is 4.89. The number of phenolic OH excluding ortho intramolecular Hbond substituents is 1. The molecule has 0 aliphatic rings. The molecule has 2 rings (SSSR count). The van der Waals surface area contributed by atoms with Crippen molar-refractivity contribution in [1.29, 1.82) is 0 Å². The van der Waals surface area contributed by atoms with Crippen molar-refractivity contribution in [2.24, 2.45) is 10.7 Å². The first-order valence-electron chi connectivity index (χ1n) is 7.15. The lowest BCUT2D eigenvalue weighted by Gasteiger charge is -2.10. The Morgan fingerprint density at radius 3 is 2.21 bits per heavy atom. The standard InChI is InChI=1S/C17H21N3O3.HI/c1-22-14-8-13(9-15(23-2)16(14)21)11-20-17(18)19-10-12-6-4-3-5-7-12;/h3-9,21H,10-11H2,1-2H3,(H3,18,19,20);1H. The molecular weight excluding hydrogens is 421 g/mol. The fourth-order valence-electron chi connectivity index (χ4n) is 2.06. The number of aliphatic imine (C=N–C) groups is 1. The van der Waals surface area contributed by atoms with Gasteiger partial charge in [0.15, 0.2) is 17.5 Å². The molecule has 7 heteroatoms. The van der Waals surface area contributed by atoms with Crippen LogP contribution in [-0.4, -0.2) is 25.3 Å². The fraction of sp³-hybridized carbons (Fsp3) is 0.235. The van der Waals surface area contributed by atoms with Gasteiger partial charge in [0.05, 0.1) is 20.8 Å². The van der Waals surface area contributed by atoms with Crippen LogP contribution in [0.2, 0.25) is 0 Å². The highest BCUT2D eigenvalue weighted by Gasteiger charge is 2.10. The summed E-state index contributed by atoms with van der Waals surface area (Å²) in [5, 5.41) is 12.9. The third-order valence-electron chi connectivity index (χ3n) is 3.29. The quantitative estimate of drug-likeness (QED) is 0.363. The number of nitrogens with two attached hydrogens (primary N) is 1. The highest BCUT2D eigenvalue weighted by molar-refractivity contribution is 14.0. The second-order valence-corrected chi connectivity index (χ2v) is 4.89. The van der Waals surface area contributed by atoms with Gasteiger partial charge in [-0.1, -0.05) is 30.3 Å². The summed E-state index contributed by atoms with van der Waals surface area (Å²) in [6.45, 7) is 0.957. The average Bonchev–Trinajstić information content (AvgIpc) is 2.59. The van der Waals surface area contributed by atoms with Crippen molar-refractivity contribution in [3.05, 3.63) is 53.6 Å². The minimum absolute atomic E-state index is 0. The number of hydrogen-bond acceptors (Lipinski definition) is 4. The number of halogens is 1. The highest BCUT2D eigenvalue weighted by atomic mass is 127. The third-order valence-corrected chi connectivity index (χ3v) is 3.29. The maximum atomic E-state index is 9.88. The summed E-state index contributed by atoms with van der Waals surface area (Å²) in [6, 6.07) is 13.3. The Labute approximate surface area is 158 Å². The van der Waals surface area contributed by atoms with E-state index in [1.807, 2.05) is 30.3 Å². The highest BCUT2D eigenvalue weighted by Crippen LogP contribution is 2.37. The van der Waals surface area contributed by atoms with E-state index in [0.717, 1.165) is 11.1 Å². The number of guanidine groups is 1. The van der Waals surface area contributed by atoms with E-state index in [4.69, 9.17) is 15.2 Å². The van der Waals surface area contributed by atoms with Crippen molar-refractivity contribution in [2.75, 3.05) is 14.2 Å². The lowest BCUT2D eigenvalue weighted by Crippen LogP contribution is -2.31. The predicted molar refractivity (Wildman–Crippen MR) is 105 cm³/mol. The number of nitrogens with one attached hydrogen (secondary N) is 1. The van der Waals surface area contributed by atoms with Crippen LogP contribution in [0.1, 0.15) is 11.1 Å². The number of hydrogen-bond donors (Lipinski definition) is 3. The Morgan fingerprint density at radius 2 is 1.67 bits per heavy atom. The van der Waals surface area contributed by atoms with Crippen LogP contribution in [0.3, 0.4) is 0 Å². The van der Waals surface area contributed by atoms with Crippen LogP contribution in [0.4, 0.5) is 0 Å². The van der Waals surface area contributed by atoms with E-state index in [1.165, 1.54) is 14.2 Å². The van der Waals surface area contributed by atoms with Crippen molar-refractivity contribution >= 4 is 29.9 Å². The molecule has 4 N–H and O–H groups in total. The van der Waals surface area contributed by atoms with E-state index in [2.05, 4.69) is 10.3 Å². The molecule has 0 saturated heterocycles. The van der Waals surface area contributed by atoms with Gasteiger partial charge in [0.2, 0.25) is 5.75 Å². The van der Waals surface area contributed by atoms with Crippen molar-refractivity contribution < 1.29 is 14.6 Å². The minimum atomic E-state index is -0.0297. The molecule has 0 aromatic heterocycles. The van der Waals surface area contributed by atoms with Gasteiger partial charge in [-0.25, -0.2) is 4.99 Å². The molecule has 0 unspecified atom stereocenters. The molecule has 130 valence electrons. The summed E-state index contributed by atoms with van der Waals surface area (Å²) < 4.78 is 10.2. The molecule has 0 fully saturated rings. The van der Waals surface area contributed by atoms with Crippen molar-refractivity contribution in [1.82, 2.24) is 5.32 Å². The molecule has 0 heterocycles. The van der Waals surface area contributed by atoms with Crippen LogP contribution in [0.15, 0.2) is 47.5 Å². The number of rotatable bonds is 6. The smallest absolute Gasteiger partial charge is 0.200 e. The maximum Gasteiger partial charge on any atom is 0.200 e. The summed E-state index contributed by atoms with van der Waals surface area (Å²) in [7, 11) is 2.97. The number of phenols is 1. The van der Waals surface area contributed by atoms with E-state index >= 15 is 0 Å². The van der Waals surface area contributed by atoms with Gasteiger partial charge < -0.3 is 25.6 Å². The first-order valence-corrected chi connectivity index (χ1v) is 7.15. The Bertz CT molecular complexity index is 653. The normalized spacial score (nSPS) is 10.7. The second kappa shape index (κ2) is 9.86. The van der Waals surface area contributed by atoms with E-state index < -0.39 is 0 Å². The zero-order valence-corrected chi connectivity index (χ0v) is 16.0. The van der Waals surface area contributed by atoms with Crippen molar-refractivity contribution in [3.8, 4) is 17.2 Å². The van der Waals surface area contributed by atoms with Gasteiger partial charge in [0, 0.05) is 6.54 Å². The molecule has 0 saturated carbocycles. The van der Waals surface area contributed by atoms with Gasteiger partial charge in [-0.15, -0.1) is 24.0 Å². The molecule has 0 atom stereocenters. The zero-order chi connectivity index (χ0) is 16.7. The third kappa shape index (κ3) is 5.48. The topological polar surface area (TPSA) is 89.1 Å². The largest absolute Gasteiger partial charge is 0.502 e. The van der Waals surface area contributed by atoms with E-state index in [-0.39, 0.29) is 29.7 Å². The Kier molecular flexibility index (Phi) is 8.17. The lowest BCUT2D eigenvalue weighted by atomic mass is 10.2. The summed E-state index contributed by atoms with van der Waals surface area (Å²) in [5.41, 5.74) is 7.81. The SMILES string of the molecule is COc1cc(CN=C(N)NCc2ccccc2)cc(OC)c1O.I. The molecule has 24 heavy (non-hydrogen) atoms. The van der Waals surface area contributed by atoms with E-state index in [9.17, 15) is 5.11 Å². The number of methoxy groups -OCH3 is 2. The zero-order valence-electron chi connectivity index (χ0n) is 13.7. The van der Waals surface area contributed by atoms with Crippen LogP contribution in [0, 0.1) is 0 Å².